The zero-order chi connectivity index (χ0) is 12.3. The van der Waals surface area contributed by atoms with E-state index < -0.39 is 0 Å². The molecular weight excluding hydrogens is 194 g/mol. The van der Waals surface area contributed by atoms with Gasteiger partial charge < -0.3 is 0 Å². The summed E-state index contributed by atoms with van der Waals surface area (Å²) >= 11 is 0. The van der Waals surface area contributed by atoms with Gasteiger partial charge in [0, 0.05) is 0 Å². The lowest BCUT2D eigenvalue weighted by Gasteiger charge is -2.18. The topological polar surface area (TPSA) is 23.8 Å². The minimum atomic E-state index is 0.0127. The van der Waals surface area contributed by atoms with Gasteiger partial charge >= 0.3 is 0 Å². The van der Waals surface area contributed by atoms with Gasteiger partial charge in [0.1, 0.15) is 0 Å². The molecule has 0 aliphatic heterocycles. The fourth-order valence-corrected chi connectivity index (χ4v) is 1.93. The summed E-state index contributed by atoms with van der Waals surface area (Å²) in [6, 6.07) is 8.93. The Hall–Kier alpha value is -1.29. The maximum Gasteiger partial charge on any atom is 0.0738 e. The van der Waals surface area contributed by atoms with Gasteiger partial charge in [0.15, 0.2) is 0 Å². The number of hydrogen-bond donors (Lipinski definition) is 0. The highest BCUT2D eigenvalue weighted by Gasteiger charge is 2.17. The van der Waals surface area contributed by atoms with Crippen LogP contribution in [0.1, 0.15) is 56.2 Å². The SMILES string of the molecule is Cc1ccc(C(C)C)cc1C(C#N)C(C)C. The zero-order valence-corrected chi connectivity index (χ0v) is 10.9. The predicted molar refractivity (Wildman–Crippen MR) is 68.5 cm³/mol. The Morgan fingerprint density at radius 2 is 1.75 bits per heavy atom. The molecule has 0 saturated carbocycles. The molecule has 1 unspecified atom stereocenters. The predicted octanol–water partition coefficient (Wildman–Crippen LogP) is 4.38. The molecule has 0 amide bonds. The average molecular weight is 215 g/mol. The second-order valence-electron chi connectivity index (χ2n) is 5.12. The summed E-state index contributed by atoms with van der Waals surface area (Å²) in [4.78, 5) is 0. The highest BCUT2D eigenvalue weighted by Crippen LogP contribution is 2.29. The molecule has 1 atom stereocenters. The molecular formula is C15H21N. The van der Waals surface area contributed by atoms with Crippen LogP contribution in [-0.4, -0.2) is 0 Å². The van der Waals surface area contributed by atoms with Gasteiger partial charge in [0.05, 0.1) is 12.0 Å². The lowest BCUT2D eigenvalue weighted by molar-refractivity contribution is 0.584. The summed E-state index contributed by atoms with van der Waals surface area (Å²) in [6.45, 7) is 10.7. The van der Waals surface area contributed by atoms with Crippen molar-refractivity contribution in [3.8, 4) is 6.07 Å². The third-order valence-electron chi connectivity index (χ3n) is 3.11. The normalized spacial score (nSPS) is 12.9. The second kappa shape index (κ2) is 5.16. The lowest BCUT2D eigenvalue weighted by atomic mass is 9.85. The smallest absolute Gasteiger partial charge is 0.0738 e. The quantitative estimate of drug-likeness (QED) is 0.734. The number of nitriles is 1. The third kappa shape index (κ3) is 2.64. The van der Waals surface area contributed by atoms with E-state index in [1.54, 1.807) is 0 Å². The number of rotatable bonds is 3. The Labute approximate surface area is 99.1 Å². The fourth-order valence-electron chi connectivity index (χ4n) is 1.93. The molecule has 1 aromatic carbocycles. The summed E-state index contributed by atoms with van der Waals surface area (Å²) in [7, 11) is 0. The maximum atomic E-state index is 9.25. The Bertz CT molecular complexity index is 396. The Morgan fingerprint density at radius 3 is 2.19 bits per heavy atom. The minimum absolute atomic E-state index is 0.0127. The van der Waals surface area contributed by atoms with E-state index in [2.05, 4.69) is 58.9 Å². The van der Waals surface area contributed by atoms with Crippen molar-refractivity contribution in [2.75, 3.05) is 0 Å². The summed E-state index contributed by atoms with van der Waals surface area (Å²) in [6.07, 6.45) is 0. The molecule has 0 spiro atoms. The molecule has 0 bridgehead atoms. The summed E-state index contributed by atoms with van der Waals surface area (Å²) in [5.41, 5.74) is 3.75. The molecule has 0 saturated heterocycles. The van der Waals surface area contributed by atoms with Crippen molar-refractivity contribution in [3.63, 3.8) is 0 Å². The molecule has 0 fully saturated rings. The molecule has 0 radical (unpaired) electrons. The molecule has 16 heavy (non-hydrogen) atoms. The lowest BCUT2D eigenvalue weighted by Crippen LogP contribution is -2.07. The number of nitrogens with zero attached hydrogens (tertiary/aromatic N) is 1. The van der Waals surface area contributed by atoms with Crippen LogP contribution in [0.5, 0.6) is 0 Å². The molecule has 0 aliphatic rings. The molecule has 1 rings (SSSR count). The van der Waals surface area contributed by atoms with E-state index in [1.165, 1.54) is 16.7 Å². The van der Waals surface area contributed by atoms with Crippen LogP contribution in [0.25, 0.3) is 0 Å². The van der Waals surface area contributed by atoms with Crippen molar-refractivity contribution in [2.24, 2.45) is 5.92 Å². The Balaban J connectivity index is 3.21. The van der Waals surface area contributed by atoms with Crippen LogP contribution >= 0.6 is 0 Å². The van der Waals surface area contributed by atoms with E-state index in [0.29, 0.717) is 11.8 Å². The van der Waals surface area contributed by atoms with Gasteiger partial charge in [-0.25, -0.2) is 0 Å². The van der Waals surface area contributed by atoms with E-state index in [9.17, 15) is 5.26 Å². The number of aryl methyl sites for hydroxylation is 1. The van der Waals surface area contributed by atoms with Crippen LogP contribution in [-0.2, 0) is 0 Å². The van der Waals surface area contributed by atoms with Crippen LogP contribution in [0, 0.1) is 24.2 Å². The van der Waals surface area contributed by atoms with Gasteiger partial charge in [-0.05, 0) is 35.4 Å². The Morgan fingerprint density at radius 1 is 1.12 bits per heavy atom. The van der Waals surface area contributed by atoms with Crippen molar-refractivity contribution in [1.82, 2.24) is 0 Å². The largest absolute Gasteiger partial charge is 0.198 e. The van der Waals surface area contributed by atoms with Gasteiger partial charge in [0.2, 0.25) is 0 Å². The van der Waals surface area contributed by atoms with Gasteiger partial charge in [-0.2, -0.15) is 5.26 Å². The van der Waals surface area contributed by atoms with Crippen LogP contribution in [0.4, 0.5) is 0 Å². The first kappa shape index (κ1) is 12.8. The minimum Gasteiger partial charge on any atom is -0.198 e. The molecule has 0 N–H and O–H groups in total. The monoisotopic (exact) mass is 215 g/mol. The molecule has 0 aromatic heterocycles. The first-order chi connectivity index (χ1) is 7.47. The van der Waals surface area contributed by atoms with Gasteiger partial charge in [0.25, 0.3) is 0 Å². The van der Waals surface area contributed by atoms with E-state index in [4.69, 9.17) is 0 Å². The highest BCUT2D eigenvalue weighted by atomic mass is 14.3. The first-order valence-corrected chi connectivity index (χ1v) is 5.97. The van der Waals surface area contributed by atoms with Crippen molar-refractivity contribution in [1.29, 1.82) is 5.26 Å². The average Bonchev–Trinajstić information content (AvgIpc) is 2.20. The Kier molecular flexibility index (Phi) is 4.12. The molecule has 0 aliphatic carbocycles. The van der Waals surface area contributed by atoms with Crippen molar-refractivity contribution >= 4 is 0 Å². The summed E-state index contributed by atoms with van der Waals surface area (Å²) < 4.78 is 0. The van der Waals surface area contributed by atoms with Crippen LogP contribution in [0.3, 0.4) is 0 Å². The molecule has 0 heterocycles. The fraction of sp³-hybridized carbons (Fsp3) is 0.533. The second-order valence-corrected chi connectivity index (χ2v) is 5.12. The summed E-state index contributed by atoms with van der Waals surface area (Å²) in [5.74, 6) is 0.899. The van der Waals surface area contributed by atoms with E-state index in [-0.39, 0.29) is 5.92 Å². The maximum absolute atomic E-state index is 9.25. The standard InChI is InChI=1S/C15H21N/c1-10(2)13-7-6-12(5)14(8-13)15(9-16)11(3)4/h6-8,10-11,15H,1-5H3. The molecule has 1 aromatic rings. The molecule has 86 valence electrons. The zero-order valence-electron chi connectivity index (χ0n) is 10.9. The van der Waals surface area contributed by atoms with E-state index in [1.807, 2.05) is 0 Å². The molecule has 1 heteroatoms. The first-order valence-electron chi connectivity index (χ1n) is 5.97. The van der Waals surface area contributed by atoms with Crippen LogP contribution in [0.2, 0.25) is 0 Å². The van der Waals surface area contributed by atoms with Crippen LogP contribution in [0.15, 0.2) is 18.2 Å². The van der Waals surface area contributed by atoms with Gasteiger partial charge in [-0.1, -0.05) is 45.9 Å². The molecule has 1 nitrogen and oxygen atoms in total. The third-order valence-corrected chi connectivity index (χ3v) is 3.11. The van der Waals surface area contributed by atoms with Crippen molar-refractivity contribution in [3.05, 3.63) is 34.9 Å². The van der Waals surface area contributed by atoms with Crippen molar-refractivity contribution in [2.45, 2.75) is 46.5 Å². The van der Waals surface area contributed by atoms with Crippen molar-refractivity contribution < 1.29 is 0 Å². The number of hydrogen-bond acceptors (Lipinski definition) is 1. The highest BCUT2D eigenvalue weighted by molar-refractivity contribution is 5.38. The van der Waals surface area contributed by atoms with Crippen LogP contribution < -0.4 is 0 Å². The summed E-state index contributed by atoms with van der Waals surface area (Å²) in [5, 5.41) is 9.25. The van der Waals surface area contributed by atoms with E-state index >= 15 is 0 Å². The van der Waals surface area contributed by atoms with Gasteiger partial charge in [-0.3, -0.25) is 0 Å². The van der Waals surface area contributed by atoms with E-state index in [0.717, 1.165) is 0 Å². The number of benzene rings is 1. The van der Waals surface area contributed by atoms with Gasteiger partial charge in [-0.15, -0.1) is 0 Å².